The minimum Gasteiger partial charge on any atom is -0.490 e. The first kappa shape index (κ1) is 17.5. The quantitative estimate of drug-likeness (QED) is 0.717. The molecule has 118 valence electrons. The van der Waals surface area contributed by atoms with Crippen molar-refractivity contribution in [3.63, 3.8) is 0 Å². The zero-order valence-corrected chi connectivity index (χ0v) is 13.2. The number of ether oxygens (including phenoxy) is 2. The third-order valence-electron chi connectivity index (χ3n) is 3.44. The van der Waals surface area contributed by atoms with E-state index in [9.17, 15) is 9.90 Å². The van der Waals surface area contributed by atoms with Gasteiger partial charge in [-0.15, -0.1) is 0 Å². The Morgan fingerprint density at radius 3 is 2.67 bits per heavy atom. The van der Waals surface area contributed by atoms with E-state index in [-0.39, 0.29) is 18.7 Å². The highest BCUT2D eigenvalue weighted by Gasteiger charge is 2.35. The number of likely N-dealkylation sites (N-methyl/N-ethyl adjacent to an activating group) is 1. The summed E-state index contributed by atoms with van der Waals surface area (Å²) in [6, 6.07) is 7.32. The Balaban J connectivity index is 2.75. The van der Waals surface area contributed by atoms with Crippen molar-refractivity contribution in [3.05, 3.63) is 29.8 Å². The van der Waals surface area contributed by atoms with E-state index in [1.165, 1.54) is 0 Å². The van der Waals surface area contributed by atoms with E-state index in [0.717, 1.165) is 5.56 Å². The number of benzene rings is 1. The Kier molecular flexibility index (Phi) is 6.65. The fourth-order valence-corrected chi connectivity index (χ4v) is 2.16. The summed E-state index contributed by atoms with van der Waals surface area (Å²) in [6.45, 7) is 5.74. The minimum absolute atomic E-state index is 0.0793. The van der Waals surface area contributed by atoms with Crippen LogP contribution in [0.15, 0.2) is 24.3 Å². The normalized spacial score (nSPS) is 15.1. The Morgan fingerprint density at radius 2 is 2.10 bits per heavy atom. The van der Waals surface area contributed by atoms with E-state index < -0.39 is 5.54 Å². The number of hydrogen-bond acceptors (Lipinski definition) is 5. The highest BCUT2D eigenvalue weighted by atomic mass is 16.5. The lowest BCUT2D eigenvalue weighted by Crippen LogP contribution is -2.51. The summed E-state index contributed by atoms with van der Waals surface area (Å²) >= 11 is 0. The number of carbonyl (C=O) groups is 1. The molecule has 0 aliphatic carbocycles. The van der Waals surface area contributed by atoms with Crippen LogP contribution in [-0.4, -0.2) is 36.4 Å². The molecule has 0 aromatic heterocycles. The molecule has 0 radical (unpaired) electrons. The van der Waals surface area contributed by atoms with E-state index in [4.69, 9.17) is 9.47 Å². The van der Waals surface area contributed by atoms with Gasteiger partial charge in [-0.25, -0.2) is 0 Å². The lowest BCUT2D eigenvalue weighted by atomic mass is 9.95. The van der Waals surface area contributed by atoms with Crippen LogP contribution >= 0.6 is 0 Å². The molecule has 2 unspecified atom stereocenters. The van der Waals surface area contributed by atoms with Gasteiger partial charge in [0.2, 0.25) is 0 Å². The molecule has 0 saturated heterocycles. The number of rotatable bonds is 8. The van der Waals surface area contributed by atoms with Crippen LogP contribution < -0.4 is 10.1 Å². The molecule has 0 fully saturated rings. The summed E-state index contributed by atoms with van der Waals surface area (Å²) in [5.41, 5.74) is -0.0736. The summed E-state index contributed by atoms with van der Waals surface area (Å²) < 4.78 is 11.0. The van der Waals surface area contributed by atoms with Crippen LogP contribution in [0.5, 0.6) is 5.75 Å². The van der Waals surface area contributed by atoms with Crippen LogP contribution in [0, 0.1) is 0 Å². The molecule has 0 amide bonds. The number of esters is 1. The number of para-hydroxylation sites is 1. The van der Waals surface area contributed by atoms with Crippen molar-refractivity contribution in [1.29, 1.82) is 0 Å². The maximum Gasteiger partial charge on any atom is 0.326 e. The molecule has 0 saturated carbocycles. The molecule has 0 aliphatic heterocycles. The molecule has 1 aromatic rings. The number of hydrogen-bond donors (Lipinski definition) is 2. The summed E-state index contributed by atoms with van der Waals surface area (Å²) in [7, 11) is 1.73. The lowest BCUT2D eigenvalue weighted by molar-refractivity contribution is -0.151. The second kappa shape index (κ2) is 8.00. The van der Waals surface area contributed by atoms with Gasteiger partial charge in [-0.2, -0.15) is 0 Å². The third-order valence-corrected chi connectivity index (χ3v) is 3.44. The van der Waals surface area contributed by atoms with Crippen LogP contribution in [0.1, 0.15) is 32.8 Å². The van der Waals surface area contributed by atoms with Crippen LogP contribution in [-0.2, 0) is 16.1 Å². The lowest BCUT2D eigenvalue weighted by Gasteiger charge is -2.30. The van der Waals surface area contributed by atoms with Crippen molar-refractivity contribution < 1.29 is 19.4 Å². The molecule has 0 spiro atoms. The average Bonchev–Trinajstić information content (AvgIpc) is 2.47. The van der Waals surface area contributed by atoms with Gasteiger partial charge in [-0.1, -0.05) is 18.2 Å². The van der Waals surface area contributed by atoms with Gasteiger partial charge >= 0.3 is 5.97 Å². The largest absolute Gasteiger partial charge is 0.490 e. The molecule has 5 heteroatoms. The second-order valence-corrected chi connectivity index (χ2v) is 5.20. The molecule has 0 heterocycles. The Morgan fingerprint density at radius 1 is 1.43 bits per heavy atom. The number of nitrogens with one attached hydrogen (secondary N) is 1. The van der Waals surface area contributed by atoms with Gasteiger partial charge in [0.05, 0.1) is 19.3 Å². The van der Waals surface area contributed by atoms with E-state index in [1.807, 2.05) is 31.2 Å². The molecule has 21 heavy (non-hydrogen) atoms. The Bertz CT molecular complexity index is 463. The molecule has 0 aliphatic rings. The van der Waals surface area contributed by atoms with Gasteiger partial charge in [0.25, 0.3) is 0 Å². The fourth-order valence-electron chi connectivity index (χ4n) is 2.16. The highest BCUT2D eigenvalue weighted by molar-refractivity contribution is 5.80. The molecule has 2 N–H and O–H groups in total. The predicted molar refractivity (Wildman–Crippen MR) is 81.2 cm³/mol. The second-order valence-electron chi connectivity index (χ2n) is 5.20. The predicted octanol–water partition coefficient (Wildman–Crippen LogP) is 1.88. The maximum atomic E-state index is 12.0. The first-order valence-electron chi connectivity index (χ1n) is 7.18. The smallest absolute Gasteiger partial charge is 0.326 e. The first-order valence-corrected chi connectivity index (χ1v) is 7.18. The topological polar surface area (TPSA) is 67.8 Å². The Hall–Kier alpha value is -1.59. The monoisotopic (exact) mass is 295 g/mol. The van der Waals surface area contributed by atoms with Gasteiger partial charge in [-0.3, -0.25) is 4.79 Å². The van der Waals surface area contributed by atoms with Crippen molar-refractivity contribution in [1.82, 2.24) is 5.32 Å². The summed E-state index contributed by atoms with van der Waals surface area (Å²) in [6.07, 6.45) is 0.252. The summed E-state index contributed by atoms with van der Waals surface area (Å²) in [5.74, 6) is 0.341. The van der Waals surface area contributed by atoms with Crippen LogP contribution in [0.2, 0.25) is 0 Å². The minimum atomic E-state index is -0.802. The van der Waals surface area contributed by atoms with E-state index in [0.29, 0.717) is 18.8 Å². The van der Waals surface area contributed by atoms with Crippen molar-refractivity contribution in [2.75, 3.05) is 13.7 Å². The molecule has 1 rings (SSSR count). The molecule has 2 atom stereocenters. The molecule has 5 nitrogen and oxygen atoms in total. The molecule has 1 aromatic carbocycles. The SMILES string of the molecule is CCOC(=O)C(C)(CC(C)Oc1ccccc1CO)NC. The van der Waals surface area contributed by atoms with E-state index >= 15 is 0 Å². The van der Waals surface area contributed by atoms with Gasteiger partial charge in [0, 0.05) is 12.0 Å². The van der Waals surface area contributed by atoms with Crippen molar-refractivity contribution in [2.24, 2.45) is 0 Å². The zero-order valence-electron chi connectivity index (χ0n) is 13.2. The number of aliphatic hydroxyl groups is 1. The highest BCUT2D eigenvalue weighted by Crippen LogP contribution is 2.23. The van der Waals surface area contributed by atoms with Crippen molar-refractivity contribution in [2.45, 2.75) is 45.4 Å². The maximum absolute atomic E-state index is 12.0. The standard InChI is InChI=1S/C16H25NO4/c1-5-20-15(19)16(3,17-4)10-12(2)21-14-9-7-6-8-13(14)11-18/h6-9,12,17-18H,5,10-11H2,1-4H3. The summed E-state index contributed by atoms with van der Waals surface area (Å²) in [4.78, 5) is 12.0. The third kappa shape index (κ3) is 4.72. The van der Waals surface area contributed by atoms with Crippen molar-refractivity contribution in [3.8, 4) is 5.75 Å². The van der Waals surface area contributed by atoms with Gasteiger partial charge in [0.1, 0.15) is 11.3 Å². The van der Waals surface area contributed by atoms with Crippen LogP contribution in [0.25, 0.3) is 0 Å². The number of aliphatic hydroxyl groups excluding tert-OH is 1. The van der Waals surface area contributed by atoms with Crippen LogP contribution in [0.4, 0.5) is 0 Å². The van der Waals surface area contributed by atoms with Gasteiger partial charge in [0.15, 0.2) is 0 Å². The summed E-state index contributed by atoms with van der Waals surface area (Å²) in [5, 5.41) is 12.3. The van der Waals surface area contributed by atoms with E-state index in [1.54, 1.807) is 20.9 Å². The van der Waals surface area contributed by atoms with E-state index in [2.05, 4.69) is 5.32 Å². The number of carbonyl (C=O) groups excluding carboxylic acids is 1. The molecular weight excluding hydrogens is 270 g/mol. The van der Waals surface area contributed by atoms with Gasteiger partial charge in [-0.05, 0) is 33.9 Å². The Labute approximate surface area is 126 Å². The fraction of sp³-hybridized carbons (Fsp3) is 0.562. The zero-order chi connectivity index (χ0) is 15.9. The van der Waals surface area contributed by atoms with Crippen molar-refractivity contribution >= 4 is 5.97 Å². The average molecular weight is 295 g/mol. The van der Waals surface area contributed by atoms with Gasteiger partial charge < -0.3 is 19.9 Å². The molecule has 0 bridgehead atoms. The van der Waals surface area contributed by atoms with Crippen LogP contribution in [0.3, 0.4) is 0 Å². The first-order chi connectivity index (χ1) is 9.96. The molecular formula is C16H25NO4.